The topological polar surface area (TPSA) is 57.9 Å². The van der Waals surface area contributed by atoms with Crippen LogP contribution in [-0.2, 0) is 9.84 Å². The maximum Gasteiger partial charge on any atom is 0.289 e. The van der Waals surface area contributed by atoms with Crippen LogP contribution in [0.2, 0.25) is 0 Å². The van der Waals surface area contributed by atoms with E-state index in [4.69, 9.17) is 5.26 Å². The first-order chi connectivity index (χ1) is 6.09. The molecule has 0 aliphatic carbocycles. The molecule has 5 heteroatoms. The second-order valence-electron chi connectivity index (χ2n) is 2.30. The normalized spacial score (nSPS) is 13.2. The fourth-order valence-electron chi connectivity index (χ4n) is 0.799. The lowest BCUT2D eigenvalue weighted by Gasteiger charge is -2.01. The van der Waals surface area contributed by atoms with Crippen LogP contribution in [-0.4, -0.2) is 13.9 Å². The third kappa shape index (κ3) is 1.84. The summed E-state index contributed by atoms with van der Waals surface area (Å²) in [5.41, 5.74) is -2.49. The maximum atomic E-state index is 12.6. The van der Waals surface area contributed by atoms with E-state index in [0.717, 1.165) is 6.07 Å². The molecule has 0 saturated heterocycles. The van der Waals surface area contributed by atoms with Crippen LogP contribution in [0.1, 0.15) is 0 Å². The molecule has 0 spiro atoms. The maximum absolute atomic E-state index is 12.6. The molecule has 0 heterocycles. The summed E-state index contributed by atoms with van der Waals surface area (Å²) in [6, 6.07) is 8.10. The molecule has 68 valence electrons. The van der Waals surface area contributed by atoms with Crippen LogP contribution in [0.4, 0.5) is 4.39 Å². The van der Waals surface area contributed by atoms with E-state index in [1.807, 2.05) is 0 Å². The van der Waals surface area contributed by atoms with E-state index >= 15 is 0 Å². The van der Waals surface area contributed by atoms with E-state index in [2.05, 4.69) is 0 Å². The van der Waals surface area contributed by atoms with Crippen molar-refractivity contribution in [3.63, 3.8) is 0 Å². The number of hydrogen-bond donors (Lipinski definition) is 0. The van der Waals surface area contributed by atoms with Crippen LogP contribution in [0, 0.1) is 11.3 Å². The van der Waals surface area contributed by atoms with Gasteiger partial charge in [0, 0.05) is 0 Å². The Balaban J connectivity index is 3.19. The summed E-state index contributed by atoms with van der Waals surface area (Å²) in [5, 5.41) is 8.13. The molecule has 1 unspecified atom stereocenters. The Bertz CT molecular complexity index is 421. The average molecular weight is 199 g/mol. The predicted molar refractivity (Wildman–Crippen MR) is 44.1 cm³/mol. The number of sulfone groups is 1. The van der Waals surface area contributed by atoms with Gasteiger partial charge in [0.1, 0.15) is 6.07 Å². The first-order valence-electron chi connectivity index (χ1n) is 3.41. The molecular weight excluding hydrogens is 193 g/mol. The van der Waals surface area contributed by atoms with E-state index in [1.54, 1.807) is 6.07 Å². The minimum atomic E-state index is -4.12. The van der Waals surface area contributed by atoms with Gasteiger partial charge < -0.3 is 0 Å². The van der Waals surface area contributed by atoms with Crippen molar-refractivity contribution in [2.75, 3.05) is 0 Å². The highest BCUT2D eigenvalue weighted by atomic mass is 32.2. The highest BCUT2D eigenvalue weighted by Crippen LogP contribution is 2.15. The van der Waals surface area contributed by atoms with Gasteiger partial charge in [0.2, 0.25) is 9.84 Å². The molecule has 1 aromatic rings. The van der Waals surface area contributed by atoms with Crippen molar-refractivity contribution in [2.45, 2.75) is 10.4 Å². The molecule has 0 N–H and O–H groups in total. The van der Waals surface area contributed by atoms with Gasteiger partial charge in [0.05, 0.1) is 4.90 Å². The molecule has 0 radical (unpaired) electrons. The SMILES string of the molecule is N#CC(F)S(=O)(=O)c1ccccc1. The molecule has 0 aromatic heterocycles. The smallest absolute Gasteiger partial charge is 0.220 e. The van der Waals surface area contributed by atoms with E-state index in [0.29, 0.717) is 0 Å². The second kappa shape index (κ2) is 3.54. The minimum absolute atomic E-state index is 0.177. The molecule has 1 aromatic carbocycles. The van der Waals surface area contributed by atoms with Gasteiger partial charge in [0.25, 0.3) is 5.50 Å². The number of halogens is 1. The number of nitriles is 1. The lowest BCUT2D eigenvalue weighted by atomic mass is 10.4. The monoisotopic (exact) mass is 199 g/mol. The summed E-state index contributed by atoms with van der Waals surface area (Å²) in [5.74, 6) is 0. The number of rotatable bonds is 2. The van der Waals surface area contributed by atoms with Crippen molar-refractivity contribution in [1.29, 1.82) is 5.26 Å². The number of benzene rings is 1. The van der Waals surface area contributed by atoms with Crippen molar-refractivity contribution in [2.24, 2.45) is 0 Å². The lowest BCUT2D eigenvalue weighted by molar-refractivity contribution is 0.480. The standard InChI is InChI=1S/C8H6FNO2S/c9-8(6-10)13(11,12)7-4-2-1-3-5-7/h1-5,8H. The van der Waals surface area contributed by atoms with Gasteiger partial charge in [-0.3, -0.25) is 0 Å². The highest BCUT2D eigenvalue weighted by Gasteiger charge is 2.26. The van der Waals surface area contributed by atoms with Gasteiger partial charge in [-0.1, -0.05) is 18.2 Å². The molecule has 0 amide bonds. The summed E-state index contributed by atoms with van der Waals surface area (Å²) in [7, 11) is -4.12. The second-order valence-corrected chi connectivity index (χ2v) is 4.28. The number of hydrogen-bond acceptors (Lipinski definition) is 3. The summed E-state index contributed by atoms with van der Waals surface area (Å²) in [6.07, 6.45) is 0. The molecule has 0 aliphatic heterocycles. The van der Waals surface area contributed by atoms with E-state index < -0.39 is 15.3 Å². The van der Waals surface area contributed by atoms with E-state index in [1.165, 1.54) is 24.3 Å². The molecule has 13 heavy (non-hydrogen) atoms. The third-order valence-corrected chi connectivity index (χ3v) is 3.03. The number of alkyl halides is 1. The first kappa shape index (κ1) is 9.68. The van der Waals surface area contributed by atoms with E-state index in [9.17, 15) is 12.8 Å². The van der Waals surface area contributed by atoms with Gasteiger partial charge in [0.15, 0.2) is 0 Å². The highest BCUT2D eigenvalue weighted by molar-refractivity contribution is 7.92. The van der Waals surface area contributed by atoms with Crippen LogP contribution >= 0.6 is 0 Å². The zero-order valence-electron chi connectivity index (χ0n) is 6.51. The molecule has 0 aliphatic rings. The molecule has 1 atom stereocenters. The summed E-state index contributed by atoms with van der Waals surface area (Å²) in [4.78, 5) is -0.177. The molecule has 0 saturated carbocycles. The van der Waals surface area contributed by atoms with Gasteiger partial charge in [-0.2, -0.15) is 5.26 Å². The Morgan fingerprint density at radius 1 is 1.31 bits per heavy atom. The first-order valence-corrected chi connectivity index (χ1v) is 4.96. The van der Waals surface area contributed by atoms with E-state index in [-0.39, 0.29) is 4.90 Å². The fourth-order valence-corrected chi connectivity index (χ4v) is 1.71. The summed E-state index contributed by atoms with van der Waals surface area (Å²) in [6.45, 7) is 0. The number of nitrogens with zero attached hydrogens (tertiary/aromatic N) is 1. The summed E-state index contributed by atoms with van der Waals surface area (Å²) >= 11 is 0. The molecule has 0 fully saturated rings. The molecule has 0 bridgehead atoms. The summed E-state index contributed by atoms with van der Waals surface area (Å²) < 4.78 is 35.0. The molecule has 1 rings (SSSR count). The predicted octanol–water partition coefficient (Wildman–Crippen LogP) is 1.28. The van der Waals surface area contributed by atoms with Crippen LogP contribution in [0.5, 0.6) is 0 Å². The van der Waals surface area contributed by atoms with Crippen molar-refractivity contribution < 1.29 is 12.8 Å². The van der Waals surface area contributed by atoms with Crippen LogP contribution in [0.15, 0.2) is 35.2 Å². The van der Waals surface area contributed by atoms with Gasteiger partial charge in [-0.25, -0.2) is 12.8 Å². The zero-order valence-corrected chi connectivity index (χ0v) is 7.33. The minimum Gasteiger partial charge on any atom is -0.220 e. The van der Waals surface area contributed by atoms with Crippen molar-refractivity contribution >= 4 is 9.84 Å². The van der Waals surface area contributed by atoms with Crippen molar-refractivity contribution in [3.8, 4) is 6.07 Å². The zero-order chi connectivity index (χ0) is 9.90. The largest absolute Gasteiger partial charge is 0.289 e. The Hall–Kier alpha value is -1.41. The average Bonchev–Trinajstić information content (AvgIpc) is 2.18. The Morgan fingerprint density at radius 2 is 1.85 bits per heavy atom. The molecule has 3 nitrogen and oxygen atoms in total. The quantitative estimate of drug-likeness (QED) is 0.720. The third-order valence-electron chi connectivity index (χ3n) is 1.45. The van der Waals surface area contributed by atoms with Gasteiger partial charge >= 0.3 is 0 Å². The van der Waals surface area contributed by atoms with Crippen molar-refractivity contribution in [3.05, 3.63) is 30.3 Å². The molecular formula is C8H6FNO2S. The Morgan fingerprint density at radius 3 is 2.31 bits per heavy atom. The van der Waals surface area contributed by atoms with Crippen LogP contribution in [0.25, 0.3) is 0 Å². The van der Waals surface area contributed by atoms with Crippen LogP contribution < -0.4 is 0 Å². The Kier molecular flexibility index (Phi) is 2.63. The van der Waals surface area contributed by atoms with Crippen molar-refractivity contribution in [1.82, 2.24) is 0 Å². The van der Waals surface area contributed by atoms with Crippen LogP contribution in [0.3, 0.4) is 0 Å². The lowest BCUT2D eigenvalue weighted by Crippen LogP contribution is -2.14. The van der Waals surface area contributed by atoms with Gasteiger partial charge in [-0.05, 0) is 12.1 Å². The van der Waals surface area contributed by atoms with Gasteiger partial charge in [-0.15, -0.1) is 0 Å². The fraction of sp³-hybridized carbons (Fsp3) is 0.125. The Labute approximate surface area is 75.3 Å².